The molecule has 0 unspecified atom stereocenters. The molecule has 148 valence electrons. The first-order valence-electron chi connectivity index (χ1n) is 9.37. The number of aromatic nitrogens is 2. The first kappa shape index (κ1) is 18.9. The Labute approximate surface area is 167 Å². The second-order valence-electron chi connectivity index (χ2n) is 7.30. The lowest BCUT2D eigenvalue weighted by molar-refractivity contribution is 0.0949. The van der Waals surface area contributed by atoms with Gasteiger partial charge in [0, 0.05) is 47.6 Å². The van der Waals surface area contributed by atoms with E-state index in [4.69, 9.17) is 9.05 Å². The van der Waals surface area contributed by atoms with E-state index in [1.165, 1.54) is 10.4 Å². The number of carbonyl (C=O) groups excluding carboxylic acids is 1. The molecule has 3 aromatic rings. The zero-order valence-corrected chi connectivity index (χ0v) is 17.4. The molecule has 0 atom stereocenters. The zero-order valence-electron chi connectivity index (χ0n) is 16.6. The van der Waals surface area contributed by atoms with Crippen molar-refractivity contribution in [2.75, 3.05) is 6.54 Å². The topological polar surface area (TPSA) is 84.4 Å². The van der Waals surface area contributed by atoms with Gasteiger partial charge < -0.3 is 14.4 Å². The second-order valence-corrected chi connectivity index (χ2v) is 8.26. The fourth-order valence-electron chi connectivity index (χ4n) is 3.68. The summed E-state index contributed by atoms with van der Waals surface area (Å²) in [6, 6.07) is 0. The Balaban J connectivity index is 1.43. The monoisotopic (exact) mass is 400 g/mol. The van der Waals surface area contributed by atoms with Crippen LogP contribution in [0.5, 0.6) is 0 Å². The fourth-order valence-corrected chi connectivity index (χ4v) is 4.80. The maximum atomic E-state index is 12.7. The summed E-state index contributed by atoms with van der Waals surface area (Å²) in [4.78, 5) is 16.4. The number of hydrogen-bond acceptors (Lipinski definition) is 7. The van der Waals surface area contributed by atoms with Crippen molar-refractivity contribution in [3.8, 4) is 0 Å². The van der Waals surface area contributed by atoms with Gasteiger partial charge in [-0.05, 0) is 39.7 Å². The van der Waals surface area contributed by atoms with Gasteiger partial charge in [-0.1, -0.05) is 10.3 Å². The van der Waals surface area contributed by atoms with Crippen LogP contribution in [0.4, 0.5) is 0 Å². The lowest BCUT2D eigenvalue weighted by atomic mass is 10.0. The van der Waals surface area contributed by atoms with Crippen LogP contribution in [-0.2, 0) is 26.1 Å². The van der Waals surface area contributed by atoms with Crippen LogP contribution in [0.3, 0.4) is 0 Å². The smallest absolute Gasteiger partial charge is 0.252 e. The Morgan fingerprint density at radius 3 is 2.46 bits per heavy atom. The molecule has 0 fully saturated rings. The average molecular weight is 401 g/mol. The standard InChI is InChI=1S/C20H24N4O3S/c1-11-16(13(3)26-22-11)7-21-20(25)18-10-28-19-9-24(6-5-15(18)19)8-17-12(2)23-27-14(17)4/h10H,5-9H2,1-4H3,(H,21,25). The number of carbonyl (C=O) groups is 1. The quantitative estimate of drug-likeness (QED) is 0.706. The van der Waals surface area contributed by atoms with Crippen LogP contribution < -0.4 is 5.32 Å². The molecule has 1 amide bonds. The second kappa shape index (κ2) is 7.52. The Bertz CT molecular complexity index is 978. The molecule has 0 spiro atoms. The van der Waals surface area contributed by atoms with E-state index in [-0.39, 0.29) is 5.91 Å². The van der Waals surface area contributed by atoms with Crippen molar-refractivity contribution in [1.82, 2.24) is 20.5 Å². The number of rotatable bonds is 5. The van der Waals surface area contributed by atoms with Gasteiger partial charge in [-0.2, -0.15) is 0 Å². The molecule has 0 aliphatic carbocycles. The highest BCUT2D eigenvalue weighted by molar-refractivity contribution is 7.10. The minimum absolute atomic E-state index is 0.0309. The highest BCUT2D eigenvalue weighted by Crippen LogP contribution is 2.30. The Kier molecular flexibility index (Phi) is 5.07. The van der Waals surface area contributed by atoms with Crippen molar-refractivity contribution >= 4 is 17.2 Å². The summed E-state index contributed by atoms with van der Waals surface area (Å²) in [6.07, 6.45) is 0.871. The molecule has 7 nitrogen and oxygen atoms in total. The van der Waals surface area contributed by atoms with Crippen LogP contribution in [-0.4, -0.2) is 27.7 Å². The van der Waals surface area contributed by atoms with Crippen LogP contribution in [0, 0.1) is 27.7 Å². The van der Waals surface area contributed by atoms with E-state index in [0.717, 1.165) is 65.7 Å². The average Bonchev–Trinajstić information content (AvgIpc) is 3.33. The van der Waals surface area contributed by atoms with Gasteiger partial charge in [-0.25, -0.2) is 0 Å². The van der Waals surface area contributed by atoms with E-state index in [0.29, 0.717) is 6.54 Å². The van der Waals surface area contributed by atoms with Gasteiger partial charge in [0.1, 0.15) is 11.5 Å². The Morgan fingerprint density at radius 1 is 1.14 bits per heavy atom. The van der Waals surface area contributed by atoms with E-state index in [2.05, 4.69) is 20.5 Å². The van der Waals surface area contributed by atoms with Crippen molar-refractivity contribution in [2.45, 2.75) is 53.8 Å². The number of nitrogens with zero attached hydrogens (tertiary/aromatic N) is 3. The van der Waals surface area contributed by atoms with Crippen LogP contribution in [0.25, 0.3) is 0 Å². The van der Waals surface area contributed by atoms with Crippen molar-refractivity contribution in [1.29, 1.82) is 0 Å². The van der Waals surface area contributed by atoms with E-state index in [1.807, 2.05) is 33.1 Å². The molecule has 0 radical (unpaired) electrons. The molecule has 0 aromatic carbocycles. The molecule has 8 heteroatoms. The third-order valence-corrected chi connectivity index (χ3v) is 6.45. The highest BCUT2D eigenvalue weighted by Gasteiger charge is 2.25. The van der Waals surface area contributed by atoms with E-state index >= 15 is 0 Å². The van der Waals surface area contributed by atoms with Gasteiger partial charge in [-0.15, -0.1) is 11.3 Å². The predicted octanol–water partition coefficient (Wildman–Crippen LogP) is 3.45. The van der Waals surface area contributed by atoms with Gasteiger partial charge in [0.15, 0.2) is 0 Å². The number of amides is 1. The van der Waals surface area contributed by atoms with Gasteiger partial charge in [0.25, 0.3) is 5.91 Å². The van der Waals surface area contributed by atoms with Crippen LogP contribution in [0.2, 0.25) is 0 Å². The molecule has 0 saturated heterocycles. The summed E-state index contributed by atoms with van der Waals surface area (Å²) in [5.74, 6) is 1.60. The van der Waals surface area contributed by atoms with Gasteiger partial charge in [0.05, 0.1) is 17.0 Å². The zero-order chi connectivity index (χ0) is 19.8. The van der Waals surface area contributed by atoms with E-state index < -0.39 is 0 Å². The molecule has 1 aliphatic heterocycles. The normalized spacial score (nSPS) is 14.3. The van der Waals surface area contributed by atoms with Gasteiger partial charge >= 0.3 is 0 Å². The van der Waals surface area contributed by atoms with Crippen molar-refractivity contribution < 1.29 is 13.8 Å². The molecule has 0 bridgehead atoms. The molecule has 4 heterocycles. The minimum Gasteiger partial charge on any atom is -0.361 e. The van der Waals surface area contributed by atoms with Crippen molar-refractivity contribution in [3.63, 3.8) is 0 Å². The first-order chi connectivity index (χ1) is 13.4. The fraction of sp³-hybridized carbons (Fsp3) is 0.450. The number of fused-ring (bicyclic) bond motifs is 1. The molecular formula is C20H24N4O3S. The summed E-state index contributed by atoms with van der Waals surface area (Å²) in [5, 5.41) is 13.0. The van der Waals surface area contributed by atoms with Crippen LogP contribution in [0.15, 0.2) is 14.4 Å². The van der Waals surface area contributed by atoms with Crippen LogP contribution in [0.1, 0.15) is 54.8 Å². The number of hydrogen-bond donors (Lipinski definition) is 1. The lowest BCUT2D eigenvalue weighted by Crippen LogP contribution is -2.31. The summed E-state index contributed by atoms with van der Waals surface area (Å²) in [6.45, 7) is 10.7. The molecule has 28 heavy (non-hydrogen) atoms. The van der Waals surface area contributed by atoms with Gasteiger partial charge in [0.2, 0.25) is 0 Å². The maximum absolute atomic E-state index is 12.7. The van der Waals surface area contributed by atoms with E-state index in [9.17, 15) is 4.79 Å². The van der Waals surface area contributed by atoms with Crippen molar-refractivity contribution in [2.24, 2.45) is 0 Å². The Hall–Kier alpha value is -2.45. The summed E-state index contributed by atoms with van der Waals surface area (Å²) in [5.41, 5.74) is 5.86. The first-order valence-corrected chi connectivity index (χ1v) is 10.2. The summed E-state index contributed by atoms with van der Waals surface area (Å²) < 4.78 is 10.4. The highest BCUT2D eigenvalue weighted by atomic mass is 32.1. The molecule has 4 rings (SSSR count). The molecule has 0 saturated carbocycles. The third-order valence-electron chi connectivity index (χ3n) is 5.44. The third kappa shape index (κ3) is 3.49. The summed E-state index contributed by atoms with van der Waals surface area (Å²) >= 11 is 1.66. The number of thiophene rings is 1. The predicted molar refractivity (Wildman–Crippen MR) is 105 cm³/mol. The molecule has 3 aromatic heterocycles. The SMILES string of the molecule is Cc1noc(C)c1CNC(=O)c1csc2c1CCN(Cc1c(C)noc1C)C2. The molecular weight excluding hydrogens is 376 g/mol. The van der Waals surface area contributed by atoms with Crippen LogP contribution >= 0.6 is 11.3 Å². The maximum Gasteiger partial charge on any atom is 0.252 e. The minimum atomic E-state index is -0.0309. The summed E-state index contributed by atoms with van der Waals surface area (Å²) in [7, 11) is 0. The van der Waals surface area contributed by atoms with E-state index in [1.54, 1.807) is 11.3 Å². The van der Waals surface area contributed by atoms with Crippen molar-refractivity contribution in [3.05, 3.63) is 55.4 Å². The largest absolute Gasteiger partial charge is 0.361 e. The molecule has 1 aliphatic rings. The number of nitrogens with one attached hydrogen (secondary N) is 1. The molecule has 1 N–H and O–H groups in total. The lowest BCUT2D eigenvalue weighted by Gasteiger charge is -2.27. The Morgan fingerprint density at radius 2 is 1.82 bits per heavy atom. The van der Waals surface area contributed by atoms with Gasteiger partial charge in [-0.3, -0.25) is 9.69 Å². The number of aryl methyl sites for hydroxylation is 4.